The van der Waals surface area contributed by atoms with Crippen LogP contribution in [0.1, 0.15) is 45.3 Å². The smallest absolute Gasteiger partial charge is 0.228 e. The van der Waals surface area contributed by atoms with Crippen LogP contribution in [0.5, 0.6) is 0 Å². The minimum absolute atomic E-state index is 0. The van der Waals surface area contributed by atoms with Gasteiger partial charge in [0.15, 0.2) is 11.8 Å². The van der Waals surface area contributed by atoms with Crippen LogP contribution in [0.2, 0.25) is 0 Å². The summed E-state index contributed by atoms with van der Waals surface area (Å²) in [7, 11) is 1.78. The lowest BCUT2D eigenvalue weighted by molar-refractivity contribution is -0.0835. The first-order chi connectivity index (χ1) is 11.4. The van der Waals surface area contributed by atoms with Crippen LogP contribution < -0.4 is 10.6 Å². The van der Waals surface area contributed by atoms with E-state index in [9.17, 15) is 0 Å². The molecule has 25 heavy (non-hydrogen) atoms. The minimum atomic E-state index is 0. The summed E-state index contributed by atoms with van der Waals surface area (Å²) in [6.45, 7) is 11.0. The molecule has 0 aromatic carbocycles. The van der Waals surface area contributed by atoms with Crippen molar-refractivity contribution in [3.05, 3.63) is 11.7 Å². The zero-order valence-electron chi connectivity index (χ0n) is 16.0. The fourth-order valence-electron chi connectivity index (χ4n) is 3.19. The Hall–Kier alpha value is -0.900. The number of ether oxygens (including phenoxy) is 1. The highest BCUT2D eigenvalue weighted by molar-refractivity contribution is 14.0. The second kappa shape index (κ2) is 10.3. The van der Waals surface area contributed by atoms with Gasteiger partial charge in [0.25, 0.3) is 0 Å². The van der Waals surface area contributed by atoms with Crippen LogP contribution >= 0.6 is 24.0 Å². The van der Waals surface area contributed by atoms with Gasteiger partial charge in [0.2, 0.25) is 5.89 Å². The number of nitrogens with one attached hydrogen (secondary N) is 2. The van der Waals surface area contributed by atoms with Gasteiger partial charge in [-0.2, -0.15) is 4.98 Å². The van der Waals surface area contributed by atoms with Gasteiger partial charge in [-0.3, -0.25) is 4.99 Å². The van der Waals surface area contributed by atoms with Crippen LogP contribution in [-0.4, -0.2) is 48.9 Å². The summed E-state index contributed by atoms with van der Waals surface area (Å²) < 4.78 is 11.1. The van der Waals surface area contributed by atoms with E-state index in [1.165, 1.54) is 6.42 Å². The molecule has 1 aromatic rings. The number of nitrogens with zero attached hydrogens (tertiary/aromatic N) is 3. The summed E-state index contributed by atoms with van der Waals surface area (Å²) >= 11 is 0. The van der Waals surface area contributed by atoms with E-state index in [2.05, 4.69) is 46.5 Å². The maximum Gasteiger partial charge on any atom is 0.228 e. The Kier molecular flexibility index (Phi) is 9.12. The van der Waals surface area contributed by atoms with Gasteiger partial charge in [-0.25, -0.2) is 0 Å². The highest BCUT2D eigenvalue weighted by Gasteiger charge is 2.35. The zero-order valence-corrected chi connectivity index (χ0v) is 18.3. The van der Waals surface area contributed by atoms with Crippen LogP contribution in [-0.2, 0) is 11.2 Å². The van der Waals surface area contributed by atoms with Gasteiger partial charge in [-0.05, 0) is 25.2 Å². The SMILES string of the molecule is CN=C(NCCc1nc(C)no1)NCC1CCCOC1C(C)(C)C.I. The third-order valence-electron chi connectivity index (χ3n) is 4.25. The first kappa shape index (κ1) is 22.1. The van der Waals surface area contributed by atoms with Gasteiger partial charge in [-0.1, -0.05) is 25.9 Å². The summed E-state index contributed by atoms with van der Waals surface area (Å²) in [6, 6.07) is 0. The largest absolute Gasteiger partial charge is 0.377 e. The summed E-state index contributed by atoms with van der Waals surface area (Å²) in [5.41, 5.74) is 0.152. The lowest BCUT2D eigenvalue weighted by atomic mass is 9.78. The van der Waals surface area contributed by atoms with E-state index in [-0.39, 0.29) is 35.5 Å². The lowest BCUT2D eigenvalue weighted by Crippen LogP contribution is -2.47. The normalized spacial score (nSPS) is 21.6. The van der Waals surface area contributed by atoms with Gasteiger partial charge in [0, 0.05) is 39.1 Å². The van der Waals surface area contributed by atoms with Crippen molar-refractivity contribution in [1.29, 1.82) is 0 Å². The molecule has 1 fully saturated rings. The molecule has 2 rings (SSSR count). The molecule has 1 aliphatic heterocycles. The van der Waals surface area contributed by atoms with Crippen molar-refractivity contribution in [3.63, 3.8) is 0 Å². The van der Waals surface area contributed by atoms with Crippen molar-refractivity contribution in [2.75, 3.05) is 26.7 Å². The van der Waals surface area contributed by atoms with Crippen molar-refractivity contribution >= 4 is 29.9 Å². The number of aryl methyl sites for hydroxylation is 1. The maximum absolute atomic E-state index is 6.03. The molecule has 2 N–H and O–H groups in total. The number of aliphatic imine (C=N–C) groups is 1. The first-order valence-electron chi connectivity index (χ1n) is 8.75. The van der Waals surface area contributed by atoms with Gasteiger partial charge >= 0.3 is 0 Å². The molecular formula is C17H32IN5O2. The quantitative estimate of drug-likeness (QED) is 0.395. The summed E-state index contributed by atoms with van der Waals surface area (Å²) in [4.78, 5) is 8.48. The summed E-state index contributed by atoms with van der Waals surface area (Å²) in [5, 5.41) is 10.5. The van der Waals surface area contributed by atoms with Crippen LogP contribution in [0.3, 0.4) is 0 Å². The molecule has 0 radical (unpaired) electrons. The third kappa shape index (κ3) is 7.08. The van der Waals surface area contributed by atoms with Crippen LogP contribution in [0, 0.1) is 18.3 Å². The van der Waals surface area contributed by atoms with E-state index in [1.807, 2.05) is 6.92 Å². The molecule has 2 heterocycles. The number of halogens is 1. The van der Waals surface area contributed by atoms with Crippen molar-refractivity contribution in [2.24, 2.45) is 16.3 Å². The number of rotatable bonds is 5. The first-order valence-corrected chi connectivity index (χ1v) is 8.75. The Balaban J connectivity index is 0.00000312. The second-order valence-corrected chi connectivity index (χ2v) is 7.42. The van der Waals surface area contributed by atoms with E-state index in [0.29, 0.717) is 30.6 Å². The molecule has 2 unspecified atom stereocenters. The lowest BCUT2D eigenvalue weighted by Gasteiger charge is -2.40. The molecule has 0 amide bonds. The van der Waals surface area contributed by atoms with E-state index < -0.39 is 0 Å². The van der Waals surface area contributed by atoms with E-state index in [4.69, 9.17) is 9.26 Å². The highest BCUT2D eigenvalue weighted by atomic mass is 127. The zero-order chi connectivity index (χ0) is 17.6. The summed E-state index contributed by atoms with van der Waals surface area (Å²) in [6.07, 6.45) is 3.27. The van der Waals surface area contributed by atoms with Gasteiger partial charge in [-0.15, -0.1) is 24.0 Å². The number of hydrogen-bond acceptors (Lipinski definition) is 5. The topological polar surface area (TPSA) is 84.6 Å². The molecule has 0 bridgehead atoms. The molecular weight excluding hydrogens is 433 g/mol. The Labute approximate surface area is 167 Å². The predicted molar refractivity (Wildman–Crippen MR) is 109 cm³/mol. The van der Waals surface area contributed by atoms with E-state index >= 15 is 0 Å². The third-order valence-corrected chi connectivity index (χ3v) is 4.25. The Morgan fingerprint density at radius 3 is 2.68 bits per heavy atom. The molecule has 144 valence electrons. The predicted octanol–water partition coefficient (Wildman–Crippen LogP) is 2.54. The Bertz CT molecular complexity index is 541. The number of aromatic nitrogens is 2. The fraction of sp³-hybridized carbons (Fsp3) is 0.824. The standard InChI is InChI=1S/C17H31N5O2.HI/c1-12-21-14(24-22-12)8-9-19-16(18-5)20-11-13-7-6-10-23-15(13)17(2,3)4;/h13,15H,6-11H2,1-5H3,(H2,18,19,20);1H. The van der Waals surface area contributed by atoms with Crippen molar-refractivity contribution < 1.29 is 9.26 Å². The van der Waals surface area contributed by atoms with Gasteiger partial charge in [0.1, 0.15) is 0 Å². The Morgan fingerprint density at radius 1 is 1.32 bits per heavy atom. The second-order valence-electron chi connectivity index (χ2n) is 7.42. The highest BCUT2D eigenvalue weighted by Crippen LogP contribution is 2.33. The van der Waals surface area contributed by atoms with Crippen molar-refractivity contribution in [2.45, 2.75) is 53.1 Å². The molecule has 0 spiro atoms. The number of hydrogen-bond donors (Lipinski definition) is 2. The van der Waals surface area contributed by atoms with Crippen LogP contribution in [0.25, 0.3) is 0 Å². The fourth-order valence-corrected chi connectivity index (χ4v) is 3.19. The van der Waals surface area contributed by atoms with E-state index in [0.717, 1.165) is 25.5 Å². The summed E-state index contributed by atoms with van der Waals surface area (Å²) in [5.74, 6) is 2.60. The van der Waals surface area contributed by atoms with Crippen LogP contribution in [0.15, 0.2) is 9.52 Å². The van der Waals surface area contributed by atoms with Crippen LogP contribution in [0.4, 0.5) is 0 Å². The average molecular weight is 465 g/mol. The van der Waals surface area contributed by atoms with Crippen molar-refractivity contribution in [3.8, 4) is 0 Å². The minimum Gasteiger partial charge on any atom is -0.377 e. The monoisotopic (exact) mass is 465 g/mol. The van der Waals surface area contributed by atoms with Gasteiger partial charge in [0.05, 0.1) is 6.10 Å². The Morgan fingerprint density at radius 2 is 2.08 bits per heavy atom. The van der Waals surface area contributed by atoms with E-state index in [1.54, 1.807) is 7.05 Å². The molecule has 8 heteroatoms. The molecule has 0 aliphatic carbocycles. The molecule has 1 aliphatic rings. The molecule has 2 atom stereocenters. The molecule has 1 saturated heterocycles. The molecule has 1 aromatic heterocycles. The molecule has 7 nitrogen and oxygen atoms in total. The van der Waals surface area contributed by atoms with Crippen molar-refractivity contribution in [1.82, 2.24) is 20.8 Å². The maximum atomic E-state index is 6.03. The average Bonchev–Trinajstić information content (AvgIpc) is 2.95. The number of guanidine groups is 1. The molecule has 0 saturated carbocycles. The van der Waals surface area contributed by atoms with Gasteiger partial charge < -0.3 is 19.9 Å².